The molecule has 4 rings (SSSR count). The third-order valence-corrected chi connectivity index (χ3v) is 9.34. The van der Waals surface area contributed by atoms with E-state index in [0.29, 0.717) is 0 Å². The van der Waals surface area contributed by atoms with Gasteiger partial charge < -0.3 is 4.90 Å². The summed E-state index contributed by atoms with van der Waals surface area (Å²) < 4.78 is 35.8. The zero-order valence-electron chi connectivity index (χ0n) is 25.2. The fourth-order valence-electron chi connectivity index (χ4n) is 6.24. The van der Waals surface area contributed by atoms with Gasteiger partial charge in [0, 0.05) is 47.5 Å². The molecule has 0 amide bonds. The van der Waals surface area contributed by atoms with E-state index in [-0.39, 0.29) is 10.3 Å². The Bertz CT molecular complexity index is 1510. The molecule has 2 aromatic carbocycles. The SMILES string of the molecule is CCCCCC[N+]1=C(C=CC=CC=C2N(CC)c3ccc(C)cc3C2(C)C)C(C)(C)c2cc(S(=O)(=O)O)ccc21. The molecule has 0 saturated heterocycles. The van der Waals surface area contributed by atoms with Crippen molar-refractivity contribution >= 4 is 27.2 Å². The summed E-state index contributed by atoms with van der Waals surface area (Å²) in [5, 5.41) is 0. The molecule has 0 radical (unpaired) electrons. The lowest BCUT2D eigenvalue weighted by molar-refractivity contribution is -0.438. The Kier molecular flexibility index (Phi) is 8.63. The van der Waals surface area contributed by atoms with Gasteiger partial charge in [0.05, 0.1) is 10.3 Å². The number of allylic oxidation sites excluding steroid dienone is 6. The predicted octanol–water partition coefficient (Wildman–Crippen LogP) is 8.01. The first kappa shape index (κ1) is 30.0. The van der Waals surface area contributed by atoms with Crippen LogP contribution < -0.4 is 4.90 Å². The van der Waals surface area contributed by atoms with Gasteiger partial charge >= 0.3 is 0 Å². The van der Waals surface area contributed by atoms with Gasteiger partial charge in [-0.15, -0.1) is 0 Å². The summed E-state index contributed by atoms with van der Waals surface area (Å²) in [6.45, 7) is 17.2. The Morgan fingerprint density at radius 3 is 2.33 bits per heavy atom. The number of rotatable bonds is 10. The van der Waals surface area contributed by atoms with Crippen molar-refractivity contribution in [2.45, 2.75) is 89.9 Å². The Balaban J connectivity index is 1.65. The molecule has 40 heavy (non-hydrogen) atoms. The molecule has 5 nitrogen and oxygen atoms in total. The molecule has 0 unspecified atom stereocenters. The topological polar surface area (TPSA) is 60.6 Å². The second-order valence-corrected chi connectivity index (χ2v) is 13.5. The first-order chi connectivity index (χ1) is 18.8. The Hall–Kier alpha value is -2.96. The first-order valence-electron chi connectivity index (χ1n) is 14.5. The highest BCUT2D eigenvalue weighted by Gasteiger charge is 2.44. The molecule has 2 aromatic rings. The minimum atomic E-state index is -4.27. The number of aryl methyl sites for hydroxylation is 1. The van der Waals surface area contributed by atoms with Crippen LogP contribution in [-0.2, 0) is 20.9 Å². The summed E-state index contributed by atoms with van der Waals surface area (Å²) in [7, 11) is -4.27. The number of fused-ring (bicyclic) bond motifs is 2. The highest BCUT2D eigenvalue weighted by molar-refractivity contribution is 7.85. The monoisotopic (exact) mass is 561 g/mol. The van der Waals surface area contributed by atoms with Crippen molar-refractivity contribution in [1.29, 1.82) is 0 Å². The van der Waals surface area contributed by atoms with Crippen molar-refractivity contribution in [1.82, 2.24) is 0 Å². The van der Waals surface area contributed by atoms with E-state index in [2.05, 4.69) is 107 Å². The third kappa shape index (κ3) is 5.61. The summed E-state index contributed by atoms with van der Waals surface area (Å²) in [5.41, 5.74) is 7.81. The van der Waals surface area contributed by atoms with Crippen LogP contribution in [0.25, 0.3) is 0 Å². The molecule has 1 N–H and O–H groups in total. The van der Waals surface area contributed by atoms with Crippen molar-refractivity contribution in [2.24, 2.45) is 0 Å². The minimum absolute atomic E-state index is 0.0575. The molecular formula is C34H45N2O3S+. The van der Waals surface area contributed by atoms with Crippen molar-refractivity contribution in [2.75, 3.05) is 18.0 Å². The lowest BCUT2D eigenvalue weighted by Crippen LogP contribution is -2.28. The maximum absolute atomic E-state index is 11.9. The summed E-state index contributed by atoms with van der Waals surface area (Å²) >= 11 is 0. The molecule has 0 spiro atoms. The second kappa shape index (κ2) is 11.5. The Morgan fingerprint density at radius 1 is 0.900 bits per heavy atom. The van der Waals surface area contributed by atoms with Gasteiger partial charge in [0.2, 0.25) is 5.69 Å². The zero-order chi connectivity index (χ0) is 29.3. The van der Waals surface area contributed by atoms with Crippen LogP contribution in [-0.4, -0.2) is 36.3 Å². The highest BCUT2D eigenvalue weighted by Crippen LogP contribution is 2.48. The number of likely N-dealkylation sites (N-methyl/N-ethyl adjacent to an activating group) is 1. The maximum Gasteiger partial charge on any atom is 0.294 e. The van der Waals surface area contributed by atoms with E-state index in [1.54, 1.807) is 6.07 Å². The largest absolute Gasteiger partial charge is 0.344 e. The second-order valence-electron chi connectivity index (χ2n) is 12.1. The van der Waals surface area contributed by atoms with E-state index in [1.165, 1.54) is 41.4 Å². The van der Waals surface area contributed by atoms with E-state index < -0.39 is 15.5 Å². The number of anilines is 1. The molecule has 2 heterocycles. The Morgan fingerprint density at radius 2 is 1.65 bits per heavy atom. The predicted molar refractivity (Wildman–Crippen MR) is 167 cm³/mol. The average Bonchev–Trinajstić information content (AvgIpc) is 3.23. The lowest BCUT2D eigenvalue weighted by Gasteiger charge is -2.25. The van der Waals surface area contributed by atoms with E-state index in [9.17, 15) is 13.0 Å². The van der Waals surface area contributed by atoms with Crippen LogP contribution in [0.15, 0.2) is 77.4 Å². The van der Waals surface area contributed by atoms with Crippen LogP contribution in [0.3, 0.4) is 0 Å². The van der Waals surface area contributed by atoms with Crippen molar-refractivity contribution in [3.63, 3.8) is 0 Å². The summed E-state index contributed by atoms with van der Waals surface area (Å²) in [5.74, 6) is 0. The number of benzene rings is 2. The van der Waals surface area contributed by atoms with Crippen molar-refractivity contribution < 1.29 is 17.5 Å². The fourth-order valence-corrected chi connectivity index (χ4v) is 6.75. The molecule has 214 valence electrons. The molecular weight excluding hydrogens is 516 g/mol. The van der Waals surface area contributed by atoms with Crippen LogP contribution in [0, 0.1) is 6.92 Å². The number of unbranched alkanes of at least 4 members (excludes halogenated alkanes) is 3. The molecule has 2 aliphatic rings. The number of nitrogens with zero attached hydrogens (tertiary/aromatic N) is 2. The average molecular weight is 562 g/mol. The molecule has 0 fully saturated rings. The van der Waals surface area contributed by atoms with E-state index >= 15 is 0 Å². The zero-order valence-corrected chi connectivity index (χ0v) is 26.0. The van der Waals surface area contributed by atoms with Crippen LogP contribution in [0.2, 0.25) is 0 Å². The van der Waals surface area contributed by atoms with Gasteiger partial charge in [-0.1, -0.05) is 69.5 Å². The fraction of sp³-hybridized carbons (Fsp3) is 0.441. The van der Waals surface area contributed by atoms with Crippen molar-refractivity contribution in [3.8, 4) is 0 Å². The van der Waals surface area contributed by atoms with Crippen LogP contribution in [0.1, 0.15) is 83.9 Å². The van der Waals surface area contributed by atoms with E-state index in [4.69, 9.17) is 0 Å². The van der Waals surface area contributed by atoms with Gasteiger partial charge in [-0.25, -0.2) is 0 Å². The van der Waals surface area contributed by atoms with Gasteiger partial charge in [-0.05, 0) is 64.0 Å². The van der Waals surface area contributed by atoms with Crippen LogP contribution in [0.4, 0.5) is 11.4 Å². The molecule has 0 aromatic heterocycles. The molecule has 0 aliphatic carbocycles. The quantitative estimate of drug-likeness (QED) is 0.138. The molecule has 2 aliphatic heterocycles. The number of hydrogen-bond donors (Lipinski definition) is 1. The van der Waals surface area contributed by atoms with E-state index in [1.807, 2.05) is 6.07 Å². The van der Waals surface area contributed by atoms with Gasteiger partial charge in [0.25, 0.3) is 10.1 Å². The third-order valence-electron chi connectivity index (χ3n) is 8.49. The standard InChI is InChI=1S/C34H44N2O3S/c1-8-10-11-15-22-36-30-21-19-26(40(37,38)39)24-28(30)34(6,7)32(36)17-14-12-13-16-31-33(4,5)27-23-25(3)18-20-29(27)35(31)9-2/h12-14,16-21,23-24H,8-11,15,22H2,1-7H3/p+1. The molecule has 0 saturated carbocycles. The summed E-state index contributed by atoms with van der Waals surface area (Å²) in [6.07, 6.45) is 15.2. The summed E-state index contributed by atoms with van der Waals surface area (Å²) in [6, 6.07) is 11.7. The minimum Gasteiger partial charge on any atom is -0.344 e. The molecule has 6 heteroatoms. The highest BCUT2D eigenvalue weighted by atomic mass is 32.2. The normalized spacial score (nSPS) is 18.9. The number of hydrogen-bond acceptors (Lipinski definition) is 3. The molecule has 0 bridgehead atoms. The van der Waals surface area contributed by atoms with Crippen LogP contribution in [0.5, 0.6) is 0 Å². The van der Waals surface area contributed by atoms with Gasteiger partial charge in [-0.2, -0.15) is 13.0 Å². The van der Waals surface area contributed by atoms with Gasteiger partial charge in [0.1, 0.15) is 6.54 Å². The van der Waals surface area contributed by atoms with Crippen molar-refractivity contribution in [3.05, 3.63) is 89.2 Å². The maximum atomic E-state index is 11.9. The van der Waals surface area contributed by atoms with Gasteiger partial charge in [0.15, 0.2) is 5.71 Å². The first-order valence-corrected chi connectivity index (χ1v) is 16.0. The molecule has 0 atom stereocenters. The lowest BCUT2D eigenvalue weighted by atomic mass is 9.81. The van der Waals surface area contributed by atoms with Crippen LogP contribution >= 0.6 is 0 Å². The van der Waals surface area contributed by atoms with E-state index in [0.717, 1.165) is 42.9 Å². The Labute approximate surface area is 241 Å². The van der Waals surface area contributed by atoms with Gasteiger partial charge in [-0.3, -0.25) is 4.55 Å². The summed E-state index contributed by atoms with van der Waals surface area (Å²) in [4.78, 5) is 2.34. The smallest absolute Gasteiger partial charge is 0.294 e.